The zero-order chi connectivity index (χ0) is 9.07. The molecule has 0 aromatic rings. The summed E-state index contributed by atoms with van der Waals surface area (Å²) in [7, 11) is 0. The number of nitrogens with two attached hydrogens (primary N) is 1. The van der Waals surface area contributed by atoms with Crippen LogP contribution in [0.5, 0.6) is 0 Å². The highest BCUT2D eigenvalue weighted by molar-refractivity contribution is 14.1. The summed E-state index contributed by atoms with van der Waals surface area (Å²) in [4.78, 5) is 10.6. The van der Waals surface area contributed by atoms with Gasteiger partial charge in [-0.3, -0.25) is 4.79 Å². The molecule has 0 saturated carbocycles. The molecule has 0 heterocycles. The van der Waals surface area contributed by atoms with Crippen molar-refractivity contribution in [1.29, 1.82) is 0 Å². The summed E-state index contributed by atoms with van der Waals surface area (Å²) in [6.07, 6.45) is 1.81. The summed E-state index contributed by atoms with van der Waals surface area (Å²) in [5.74, 6) is -0.926. The number of hydrogen-bond acceptors (Lipinski definition) is 2. The molecule has 0 fully saturated rings. The highest BCUT2D eigenvalue weighted by Gasteiger charge is 2.34. The van der Waals surface area contributed by atoms with Crippen molar-refractivity contribution in [2.75, 3.05) is 0 Å². The van der Waals surface area contributed by atoms with Gasteiger partial charge in [-0.25, -0.2) is 0 Å². The first-order valence-electron chi connectivity index (χ1n) is 3.59. The molecule has 0 aliphatic heterocycles. The van der Waals surface area contributed by atoms with Gasteiger partial charge in [-0.2, -0.15) is 0 Å². The molecule has 11 heavy (non-hydrogen) atoms. The van der Waals surface area contributed by atoms with Crippen molar-refractivity contribution in [3.63, 3.8) is 0 Å². The molecule has 3 nitrogen and oxygen atoms in total. The third-order valence-electron chi connectivity index (χ3n) is 1.65. The minimum Gasteiger partial charge on any atom is -0.480 e. The van der Waals surface area contributed by atoms with Gasteiger partial charge in [0.2, 0.25) is 0 Å². The predicted molar refractivity (Wildman–Crippen MR) is 52.9 cm³/mol. The Hall–Kier alpha value is 0.160. The average molecular weight is 271 g/mol. The van der Waals surface area contributed by atoms with Crippen molar-refractivity contribution in [2.45, 2.75) is 36.2 Å². The van der Waals surface area contributed by atoms with E-state index in [0.717, 1.165) is 12.8 Å². The molecule has 2 atom stereocenters. The molecule has 0 spiro atoms. The number of carboxylic acids is 1. The fraction of sp³-hybridized carbons (Fsp3) is 0.857. The largest absolute Gasteiger partial charge is 0.480 e. The second kappa shape index (κ2) is 4.25. The van der Waals surface area contributed by atoms with E-state index in [9.17, 15) is 4.79 Å². The molecule has 0 saturated heterocycles. The van der Waals surface area contributed by atoms with Gasteiger partial charge < -0.3 is 10.8 Å². The van der Waals surface area contributed by atoms with E-state index >= 15 is 0 Å². The number of rotatable bonds is 4. The first kappa shape index (κ1) is 11.2. The van der Waals surface area contributed by atoms with Crippen LogP contribution in [0.4, 0.5) is 0 Å². The van der Waals surface area contributed by atoms with Crippen LogP contribution in [0.3, 0.4) is 0 Å². The van der Waals surface area contributed by atoms with Crippen LogP contribution in [-0.2, 0) is 4.79 Å². The van der Waals surface area contributed by atoms with Gasteiger partial charge in [-0.05, 0) is 13.3 Å². The minimum atomic E-state index is -1.09. The van der Waals surface area contributed by atoms with E-state index in [1.165, 1.54) is 0 Å². The van der Waals surface area contributed by atoms with Crippen LogP contribution >= 0.6 is 22.6 Å². The number of carboxylic acid groups (broad SMARTS) is 1. The van der Waals surface area contributed by atoms with Crippen LogP contribution in [0, 0.1) is 0 Å². The van der Waals surface area contributed by atoms with Gasteiger partial charge in [-0.1, -0.05) is 35.9 Å². The van der Waals surface area contributed by atoms with Crippen LogP contribution in [-0.4, -0.2) is 20.5 Å². The van der Waals surface area contributed by atoms with Crippen molar-refractivity contribution in [1.82, 2.24) is 0 Å². The highest BCUT2D eigenvalue weighted by atomic mass is 127. The van der Waals surface area contributed by atoms with Gasteiger partial charge in [0, 0.05) is 3.92 Å². The molecule has 66 valence electrons. The van der Waals surface area contributed by atoms with Crippen LogP contribution in [0.1, 0.15) is 26.7 Å². The molecular weight excluding hydrogens is 257 g/mol. The summed E-state index contributed by atoms with van der Waals surface area (Å²) in [6.45, 7) is 3.58. The minimum absolute atomic E-state index is 0.00241. The van der Waals surface area contributed by atoms with E-state index in [1.807, 2.05) is 6.92 Å². The Morgan fingerprint density at radius 1 is 1.82 bits per heavy atom. The van der Waals surface area contributed by atoms with Gasteiger partial charge in [0.05, 0.1) is 0 Å². The molecule has 0 amide bonds. The molecule has 0 radical (unpaired) electrons. The number of hydrogen-bond donors (Lipinski definition) is 2. The standard InChI is InChI=1S/C7H14INO2/c1-3-4-5(8)7(2,9)6(10)11/h5H,3-4,9H2,1-2H3,(H,10,11). The Bertz CT molecular complexity index is 147. The lowest BCUT2D eigenvalue weighted by molar-refractivity contribution is -0.142. The van der Waals surface area contributed by atoms with E-state index in [1.54, 1.807) is 6.92 Å². The molecular formula is C7H14INO2. The number of alkyl halides is 1. The highest BCUT2D eigenvalue weighted by Crippen LogP contribution is 2.20. The number of halogens is 1. The molecule has 0 aromatic carbocycles. The third-order valence-corrected chi connectivity index (χ3v) is 3.57. The van der Waals surface area contributed by atoms with Gasteiger partial charge >= 0.3 is 5.97 Å². The quantitative estimate of drug-likeness (QED) is 0.600. The van der Waals surface area contributed by atoms with E-state index in [2.05, 4.69) is 22.6 Å². The maximum atomic E-state index is 10.6. The molecule has 0 aliphatic rings. The molecule has 3 N–H and O–H groups in total. The summed E-state index contributed by atoms with van der Waals surface area (Å²) in [6, 6.07) is 0. The van der Waals surface area contributed by atoms with Crippen molar-refractivity contribution in [3.05, 3.63) is 0 Å². The Labute approximate surface area is 80.5 Å². The Kier molecular flexibility index (Phi) is 4.31. The van der Waals surface area contributed by atoms with Gasteiger partial charge in [0.25, 0.3) is 0 Å². The lowest BCUT2D eigenvalue weighted by atomic mass is 9.97. The van der Waals surface area contributed by atoms with E-state index < -0.39 is 11.5 Å². The van der Waals surface area contributed by atoms with E-state index in [4.69, 9.17) is 10.8 Å². The normalized spacial score (nSPS) is 18.9. The lowest BCUT2D eigenvalue weighted by Gasteiger charge is -2.24. The smallest absolute Gasteiger partial charge is 0.324 e. The van der Waals surface area contributed by atoms with Crippen molar-refractivity contribution < 1.29 is 9.90 Å². The summed E-state index contributed by atoms with van der Waals surface area (Å²) in [5.41, 5.74) is 4.50. The SMILES string of the molecule is CCCC(I)C(C)(N)C(=O)O. The Morgan fingerprint density at radius 2 is 2.27 bits per heavy atom. The van der Waals surface area contributed by atoms with Gasteiger partial charge in [0.15, 0.2) is 0 Å². The molecule has 0 aliphatic carbocycles. The fourth-order valence-corrected chi connectivity index (χ4v) is 1.58. The van der Waals surface area contributed by atoms with Gasteiger partial charge in [0.1, 0.15) is 5.54 Å². The van der Waals surface area contributed by atoms with Crippen LogP contribution in [0.15, 0.2) is 0 Å². The molecule has 0 bridgehead atoms. The predicted octanol–water partition coefficient (Wildman–Crippen LogP) is 1.39. The monoisotopic (exact) mass is 271 g/mol. The third kappa shape index (κ3) is 2.94. The maximum absolute atomic E-state index is 10.6. The number of aliphatic carboxylic acids is 1. The van der Waals surface area contributed by atoms with Crippen LogP contribution in [0.2, 0.25) is 0 Å². The van der Waals surface area contributed by atoms with Crippen molar-refractivity contribution in [3.8, 4) is 0 Å². The maximum Gasteiger partial charge on any atom is 0.324 e. The first-order chi connectivity index (χ1) is 4.92. The summed E-state index contributed by atoms with van der Waals surface area (Å²) >= 11 is 2.09. The average Bonchev–Trinajstić information content (AvgIpc) is 1.88. The Balaban J connectivity index is 4.17. The zero-order valence-corrected chi connectivity index (χ0v) is 8.96. The van der Waals surface area contributed by atoms with Gasteiger partial charge in [-0.15, -0.1) is 0 Å². The Morgan fingerprint density at radius 3 is 2.55 bits per heavy atom. The topological polar surface area (TPSA) is 63.3 Å². The molecule has 0 aromatic heterocycles. The second-order valence-corrected chi connectivity index (χ2v) is 4.35. The number of carbonyl (C=O) groups is 1. The van der Waals surface area contributed by atoms with Crippen LogP contribution < -0.4 is 5.73 Å². The molecule has 2 unspecified atom stereocenters. The van der Waals surface area contributed by atoms with Crippen molar-refractivity contribution in [2.24, 2.45) is 5.73 Å². The molecule has 4 heteroatoms. The van der Waals surface area contributed by atoms with Crippen molar-refractivity contribution >= 4 is 28.6 Å². The molecule has 0 rings (SSSR count). The van der Waals surface area contributed by atoms with E-state index in [-0.39, 0.29) is 3.92 Å². The fourth-order valence-electron chi connectivity index (χ4n) is 0.687. The van der Waals surface area contributed by atoms with Crippen LogP contribution in [0.25, 0.3) is 0 Å². The first-order valence-corrected chi connectivity index (χ1v) is 4.83. The zero-order valence-electron chi connectivity index (χ0n) is 6.80. The second-order valence-electron chi connectivity index (χ2n) is 2.84. The summed E-state index contributed by atoms with van der Waals surface area (Å²) in [5, 5.41) is 8.71. The summed E-state index contributed by atoms with van der Waals surface area (Å²) < 4.78 is 0.00241. The lowest BCUT2D eigenvalue weighted by Crippen LogP contribution is -2.52. The van der Waals surface area contributed by atoms with E-state index in [0.29, 0.717) is 0 Å².